The van der Waals surface area contributed by atoms with E-state index in [1.54, 1.807) is 0 Å². The van der Waals surface area contributed by atoms with Gasteiger partial charge in [0.05, 0.1) is 6.10 Å². The highest BCUT2D eigenvalue weighted by Crippen LogP contribution is 2.17. The third-order valence-electron chi connectivity index (χ3n) is 3.82. The van der Waals surface area contributed by atoms with Crippen LogP contribution in [0.2, 0.25) is 0 Å². The zero-order valence-corrected chi connectivity index (χ0v) is 11.8. The first-order chi connectivity index (χ1) is 7.90. The lowest BCUT2D eigenvalue weighted by Gasteiger charge is -2.28. The van der Waals surface area contributed by atoms with Crippen molar-refractivity contribution in [3.8, 4) is 0 Å². The van der Waals surface area contributed by atoms with Gasteiger partial charge in [0.2, 0.25) is 0 Å². The Hall–Kier alpha value is 0.170. The van der Waals surface area contributed by atoms with Crippen molar-refractivity contribution < 1.29 is 4.74 Å². The van der Waals surface area contributed by atoms with E-state index in [-0.39, 0.29) is 12.4 Å². The molecule has 0 radical (unpaired) electrons. The summed E-state index contributed by atoms with van der Waals surface area (Å²) in [5.74, 6) is 0. The van der Waals surface area contributed by atoms with Crippen LogP contribution in [0.3, 0.4) is 0 Å². The fraction of sp³-hybridized carbons (Fsp3) is 1.00. The summed E-state index contributed by atoms with van der Waals surface area (Å²) < 4.78 is 5.70. The summed E-state index contributed by atoms with van der Waals surface area (Å²) in [6.07, 6.45) is 6.92. The maximum absolute atomic E-state index is 5.70. The van der Waals surface area contributed by atoms with Gasteiger partial charge in [-0.05, 0) is 45.2 Å². The van der Waals surface area contributed by atoms with Gasteiger partial charge in [-0.1, -0.05) is 6.92 Å². The Morgan fingerprint density at radius 1 is 1.29 bits per heavy atom. The number of nitrogens with zero attached hydrogens (tertiary/aromatic N) is 1. The standard InChI is InChI=1S/C13H26N2O.ClH/c1-2-8-15(12-5-7-14-11-12)9-6-13-4-3-10-16-13;/h12-14H,2-11H2,1H3;1H. The summed E-state index contributed by atoms with van der Waals surface area (Å²) in [7, 11) is 0. The highest BCUT2D eigenvalue weighted by molar-refractivity contribution is 5.85. The number of ether oxygens (including phenoxy) is 1. The van der Waals surface area contributed by atoms with Crippen molar-refractivity contribution in [1.29, 1.82) is 0 Å². The minimum Gasteiger partial charge on any atom is -0.378 e. The zero-order chi connectivity index (χ0) is 11.2. The summed E-state index contributed by atoms with van der Waals surface area (Å²) in [5.41, 5.74) is 0. The van der Waals surface area contributed by atoms with Crippen LogP contribution < -0.4 is 5.32 Å². The van der Waals surface area contributed by atoms with Gasteiger partial charge in [-0.25, -0.2) is 0 Å². The summed E-state index contributed by atoms with van der Waals surface area (Å²) in [5, 5.41) is 3.47. The maximum atomic E-state index is 5.70. The monoisotopic (exact) mass is 262 g/mol. The first kappa shape index (κ1) is 15.2. The largest absolute Gasteiger partial charge is 0.378 e. The predicted octanol–water partition coefficient (Wildman–Crippen LogP) is 2.05. The van der Waals surface area contributed by atoms with Gasteiger partial charge in [0.25, 0.3) is 0 Å². The van der Waals surface area contributed by atoms with Crippen molar-refractivity contribution in [3.05, 3.63) is 0 Å². The first-order valence-electron chi connectivity index (χ1n) is 6.96. The molecule has 0 aromatic carbocycles. The molecule has 102 valence electrons. The molecular formula is C13H27ClN2O. The highest BCUT2D eigenvalue weighted by Gasteiger charge is 2.23. The SMILES string of the molecule is CCCN(CCC1CCCO1)C1CCNC1.Cl. The molecule has 0 saturated carbocycles. The second-order valence-corrected chi connectivity index (χ2v) is 5.11. The van der Waals surface area contributed by atoms with Crippen LogP contribution in [0.4, 0.5) is 0 Å². The van der Waals surface area contributed by atoms with E-state index >= 15 is 0 Å². The Labute approximate surface area is 112 Å². The lowest BCUT2D eigenvalue weighted by atomic mass is 10.1. The average Bonchev–Trinajstić information content (AvgIpc) is 2.96. The third-order valence-corrected chi connectivity index (χ3v) is 3.82. The molecule has 0 aromatic rings. The van der Waals surface area contributed by atoms with Gasteiger partial charge in [0.15, 0.2) is 0 Å². The average molecular weight is 263 g/mol. The molecule has 3 nitrogen and oxygen atoms in total. The van der Waals surface area contributed by atoms with E-state index in [9.17, 15) is 0 Å². The molecule has 2 aliphatic rings. The van der Waals surface area contributed by atoms with E-state index in [2.05, 4.69) is 17.1 Å². The Morgan fingerprint density at radius 2 is 2.18 bits per heavy atom. The van der Waals surface area contributed by atoms with Gasteiger partial charge < -0.3 is 10.1 Å². The van der Waals surface area contributed by atoms with Crippen molar-refractivity contribution in [1.82, 2.24) is 10.2 Å². The molecule has 2 heterocycles. The predicted molar refractivity (Wildman–Crippen MR) is 74.0 cm³/mol. The van der Waals surface area contributed by atoms with Crippen LogP contribution in [0.1, 0.15) is 39.0 Å². The Balaban J connectivity index is 0.00000144. The normalized spacial score (nSPS) is 28.6. The van der Waals surface area contributed by atoms with E-state index in [1.165, 1.54) is 58.3 Å². The number of nitrogens with one attached hydrogen (secondary N) is 1. The summed E-state index contributed by atoms with van der Waals surface area (Å²) >= 11 is 0. The Bertz CT molecular complexity index is 192. The van der Waals surface area contributed by atoms with E-state index in [0.717, 1.165) is 12.6 Å². The topological polar surface area (TPSA) is 24.5 Å². The van der Waals surface area contributed by atoms with Gasteiger partial charge in [0, 0.05) is 25.7 Å². The molecule has 0 aromatic heterocycles. The summed E-state index contributed by atoms with van der Waals surface area (Å²) in [6, 6.07) is 0.779. The molecule has 2 unspecified atom stereocenters. The molecule has 17 heavy (non-hydrogen) atoms. The summed E-state index contributed by atoms with van der Waals surface area (Å²) in [6.45, 7) is 8.13. The van der Waals surface area contributed by atoms with E-state index in [0.29, 0.717) is 6.10 Å². The van der Waals surface area contributed by atoms with Crippen LogP contribution in [0.25, 0.3) is 0 Å². The lowest BCUT2D eigenvalue weighted by molar-refractivity contribution is 0.0856. The van der Waals surface area contributed by atoms with Crippen LogP contribution >= 0.6 is 12.4 Å². The van der Waals surface area contributed by atoms with Crippen molar-refractivity contribution in [2.45, 2.75) is 51.2 Å². The molecule has 0 aliphatic carbocycles. The number of hydrogen-bond acceptors (Lipinski definition) is 3. The van der Waals surface area contributed by atoms with Crippen molar-refractivity contribution in [2.24, 2.45) is 0 Å². The fourth-order valence-corrected chi connectivity index (χ4v) is 2.90. The van der Waals surface area contributed by atoms with Gasteiger partial charge in [0.1, 0.15) is 0 Å². The van der Waals surface area contributed by atoms with Crippen molar-refractivity contribution in [2.75, 3.05) is 32.8 Å². The molecular weight excluding hydrogens is 236 g/mol. The van der Waals surface area contributed by atoms with Gasteiger partial charge >= 0.3 is 0 Å². The van der Waals surface area contributed by atoms with E-state index in [1.807, 2.05) is 0 Å². The maximum Gasteiger partial charge on any atom is 0.0588 e. The molecule has 0 spiro atoms. The van der Waals surface area contributed by atoms with Crippen molar-refractivity contribution >= 4 is 12.4 Å². The van der Waals surface area contributed by atoms with Crippen LogP contribution in [-0.2, 0) is 4.74 Å². The third kappa shape index (κ3) is 4.74. The molecule has 0 bridgehead atoms. The molecule has 2 atom stereocenters. The zero-order valence-electron chi connectivity index (χ0n) is 11.0. The molecule has 2 rings (SSSR count). The molecule has 1 N–H and O–H groups in total. The second-order valence-electron chi connectivity index (χ2n) is 5.11. The van der Waals surface area contributed by atoms with Gasteiger partial charge in [-0.3, -0.25) is 4.90 Å². The Kier molecular flexibility index (Phi) is 7.44. The minimum absolute atomic E-state index is 0. The van der Waals surface area contributed by atoms with Gasteiger partial charge in [-0.15, -0.1) is 12.4 Å². The van der Waals surface area contributed by atoms with Crippen LogP contribution in [0.15, 0.2) is 0 Å². The fourth-order valence-electron chi connectivity index (χ4n) is 2.90. The minimum atomic E-state index is 0. The Morgan fingerprint density at radius 3 is 2.76 bits per heavy atom. The molecule has 0 amide bonds. The van der Waals surface area contributed by atoms with Crippen molar-refractivity contribution in [3.63, 3.8) is 0 Å². The number of halogens is 1. The van der Waals surface area contributed by atoms with Crippen LogP contribution in [-0.4, -0.2) is 49.8 Å². The molecule has 2 fully saturated rings. The number of rotatable bonds is 6. The van der Waals surface area contributed by atoms with E-state index < -0.39 is 0 Å². The van der Waals surface area contributed by atoms with Crippen LogP contribution in [0, 0.1) is 0 Å². The molecule has 2 aliphatic heterocycles. The first-order valence-corrected chi connectivity index (χ1v) is 6.96. The summed E-state index contributed by atoms with van der Waals surface area (Å²) in [4.78, 5) is 2.67. The smallest absolute Gasteiger partial charge is 0.0588 e. The second kappa shape index (κ2) is 8.30. The van der Waals surface area contributed by atoms with Crippen LogP contribution in [0.5, 0.6) is 0 Å². The highest BCUT2D eigenvalue weighted by atomic mass is 35.5. The molecule has 2 saturated heterocycles. The lowest BCUT2D eigenvalue weighted by Crippen LogP contribution is -2.39. The number of hydrogen-bond donors (Lipinski definition) is 1. The van der Waals surface area contributed by atoms with E-state index in [4.69, 9.17) is 4.74 Å². The van der Waals surface area contributed by atoms with Gasteiger partial charge in [-0.2, -0.15) is 0 Å². The quantitative estimate of drug-likeness (QED) is 0.793. The molecule has 4 heteroatoms.